The number of halogens is 2. The number of allylic oxidation sites excluding steroid dienone is 2. The van der Waals surface area contributed by atoms with Gasteiger partial charge in [-0.1, -0.05) is 0 Å². The average Bonchev–Trinajstić information content (AvgIpc) is 3.97. The SMILES string of the molecule is CCc1ccc(C2=Cc3c(-c4ccc(C(C)C)cc4)cccc3[CH]2[Zr+2][CH]2C(c3ccc(CC)o3)=Cc3c(-c4ccc(C(C)C)cc4)cccc32)o1.[Cl-].[Cl-]. The summed E-state index contributed by atoms with van der Waals surface area (Å²) in [4.78, 5) is 0. The molecule has 2 heterocycles. The van der Waals surface area contributed by atoms with Crippen molar-refractivity contribution in [1.82, 2.24) is 0 Å². The van der Waals surface area contributed by atoms with Gasteiger partial charge in [-0.3, -0.25) is 0 Å². The maximum Gasteiger partial charge on any atom is -1.00 e. The molecule has 0 bridgehead atoms. The predicted octanol–water partition coefficient (Wildman–Crippen LogP) is 7.56. The average molecular weight is 817 g/mol. The third-order valence-corrected chi connectivity index (χ3v) is 15.5. The molecule has 8 rings (SSSR count). The minimum atomic E-state index is -1.32. The second-order valence-corrected chi connectivity index (χ2v) is 18.3. The van der Waals surface area contributed by atoms with Crippen LogP contribution in [0.1, 0.15) is 117 Å². The summed E-state index contributed by atoms with van der Waals surface area (Å²) in [5.41, 5.74) is 16.1. The summed E-state index contributed by atoms with van der Waals surface area (Å²) in [6.07, 6.45) is 6.69. The van der Waals surface area contributed by atoms with Gasteiger partial charge in [-0.2, -0.15) is 0 Å². The first kappa shape index (κ1) is 39.1. The minimum absolute atomic E-state index is 0. The van der Waals surface area contributed by atoms with Crippen LogP contribution in [0.2, 0.25) is 0 Å². The van der Waals surface area contributed by atoms with Crippen LogP contribution in [0.5, 0.6) is 0 Å². The van der Waals surface area contributed by atoms with E-state index in [9.17, 15) is 0 Å². The zero-order valence-corrected chi connectivity index (χ0v) is 35.3. The number of fused-ring (bicyclic) bond motifs is 2. The van der Waals surface area contributed by atoms with Gasteiger partial charge in [-0.05, 0) is 0 Å². The van der Waals surface area contributed by atoms with Gasteiger partial charge in [0.1, 0.15) is 0 Å². The molecule has 0 fully saturated rings. The molecule has 0 N–H and O–H groups in total. The first-order valence-corrected chi connectivity index (χ1v) is 21.5. The Morgan fingerprint density at radius 1 is 0.509 bits per heavy atom. The number of hydrogen-bond donors (Lipinski definition) is 0. The van der Waals surface area contributed by atoms with Gasteiger partial charge in [-0.15, -0.1) is 0 Å². The van der Waals surface area contributed by atoms with Crippen molar-refractivity contribution in [2.24, 2.45) is 0 Å². The molecular weight excluding hydrogens is 771 g/mol. The molecule has 0 radical (unpaired) electrons. The van der Waals surface area contributed by atoms with Crippen LogP contribution in [0.4, 0.5) is 0 Å². The van der Waals surface area contributed by atoms with E-state index in [1.165, 1.54) is 66.8 Å². The van der Waals surface area contributed by atoms with E-state index in [0.29, 0.717) is 19.1 Å². The fourth-order valence-corrected chi connectivity index (χ4v) is 12.7. The molecule has 0 aliphatic heterocycles. The number of aryl methyl sites for hydroxylation is 2. The quantitative estimate of drug-likeness (QED) is 0.143. The number of hydrogen-bond acceptors (Lipinski definition) is 2. The normalized spacial score (nSPS) is 15.7. The van der Waals surface area contributed by atoms with Gasteiger partial charge in [-0.25, -0.2) is 0 Å². The Balaban J connectivity index is 0.00000240. The van der Waals surface area contributed by atoms with E-state index in [0.717, 1.165) is 35.9 Å². The van der Waals surface area contributed by atoms with Crippen molar-refractivity contribution in [3.8, 4) is 22.3 Å². The summed E-state index contributed by atoms with van der Waals surface area (Å²) in [5, 5.41) is 0. The van der Waals surface area contributed by atoms with Crippen LogP contribution in [0, 0.1) is 0 Å². The molecule has 0 saturated carbocycles. The van der Waals surface area contributed by atoms with Crippen molar-refractivity contribution in [3.05, 3.63) is 166 Å². The third-order valence-electron chi connectivity index (χ3n) is 10.8. The summed E-state index contributed by atoms with van der Waals surface area (Å²) in [6, 6.07) is 41.0. The number of furan rings is 2. The molecule has 53 heavy (non-hydrogen) atoms. The van der Waals surface area contributed by atoms with Gasteiger partial charge in [0.25, 0.3) is 0 Å². The van der Waals surface area contributed by atoms with Crippen molar-refractivity contribution < 1.29 is 56.9 Å². The summed E-state index contributed by atoms with van der Waals surface area (Å²) in [6.45, 7) is 13.4. The zero-order chi connectivity index (χ0) is 35.2. The summed E-state index contributed by atoms with van der Waals surface area (Å²) in [5.74, 6) is 5.13. The van der Waals surface area contributed by atoms with E-state index in [1.54, 1.807) is 0 Å². The molecule has 2 unspecified atom stereocenters. The molecule has 2 nitrogen and oxygen atoms in total. The predicted molar refractivity (Wildman–Crippen MR) is 209 cm³/mol. The molecule has 268 valence electrons. The van der Waals surface area contributed by atoms with Crippen molar-refractivity contribution in [1.29, 1.82) is 0 Å². The van der Waals surface area contributed by atoms with E-state index in [-0.39, 0.29) is 24.8 Å². The first-order chi connectivity index (χ1) is 24.8. The van der Waals surface area contributed by atoms with E-state index >= 15 is 0 Å². The molecule has 5 heteroatoms. The largest absolute Gasteiger partial charge is 1.00 e. The Kier molecular flexibility index (Phi) is 12.1. The zero-order valence-electron chi connectivity index (χ0n) is 31.3. The van der Waals surface area contributed by atoms with E-state index in [1.807, 2.05) is 0 Å². The topological polar surface area (TPSA) is 26.3 Å². The molecule has 2 aromatic heterocycles. The molecule has 2 aliphatic rings. The Morgan fingerprint density at radius 3 is 1.25 bits per heavy atom. The monoisotopic (exact) mass is 814 g/mol. The van der Waals surface area contributed by atoms with E-state index in [4.69, 9.17) is 8.83 Å². The Morgan fingerprint density at radius 2 is 0.906 bits per heavy atom. The van der Waals surface area contributed by atoms with Crippen LogP contribution < -0.4 is 24.8 Å². The van der Waals surface area contributed by atoms with Crippen LogP contribution >= 0.6 is 0 Å². The fraction of sp³-hybridized carbons (Fsp3) is 0.250. The molecule has 0 saturated heterocycles. The van der Waals surface area contributed by atoms with Gasteiger partial charge >= 0.3 is 317 Å². The second kappa shape index (κ2) is 16.4. The maximum absolute atomic E-state index is 6.56. The summed E-state index contributed by atoms with van der Waals surface area (Å²) >= 11 is -1.32. The van der Waals surface area contributed by atoms with Gasteiger partial charge in [0, 0.05) is 0 Å². The molecule has 6 aromatic rings. The molecule has 4 aromatic carbocycles. The van der Waals surface area contributed by atoms with Gasteiger partial charge in [0.2, 0.25) is 0 Å². The Bertz CT molecular complexity index is 2110. The van der Waals surface area contributed by atoms with Gasteiger partial charge < -0.3 is 24.8 Å². The number of benzene rings is 4. The van der Waals surface area contributed by atoms with Crippen LogP contribution in [-0.2, 0) is 36.1 Å². The van der Waals surface area contributed by atoms with Crippen LogP contribution in [0.3, 0.4) is 0 Å². The van der Waals surface area contributed by atoms with Crippen LogP contribution in [0.15, 0.2) is 118 Å². The Labute approximate surface area is 339 Å². The molecule has 2 atom stereocenters. The van der Waals surface area contributed by atoms with Crippen molar-refractivity contribution >= 4 is 23.3 Å². The molecule has 0 amide bonds. The third kappa shape index (κ3) is 7.43. The van der Waals surface area contributed by atoms with Crippen molar-refractivity contribution in [2.45, 2.75) is 73.5 Å². The summed E-state index contributed by atoms with van der Waals surface area (Å²) < 4.78 is 13.8. The van der Waals surface area contributed by atoms with Crippen molar-refractivity contribution in [2.75, 3.05) is 0 Å². The van der Waals surface area contributed by atoms with E-state index in [2.05, 4.69) is 163 Å². The number of rotatable bonds is 10. The standard InChI is InChI=1S/2C24H23O.2ClH.Zr/c2*1-4-21-12-13-24(25-21)20-14-19-6-5-7-22(23(19)15-20)18-10-8-17(9-11-18)16(2)3;;;/h2*5-16H,4H2,1-3H3;2*1H;/q;;;;+2/p-2. The molecule has 2 aliphatic carbocycles. The van der Waals surface area contributed by atoms with Gasteiger partial charge in [0.15, 0.2) is 0 Å². The van der Waals surface area contributed by atoms with Crippen LogP contribution in [0.25, 0.3) is 45.6 Å². The molecule has 0 spiro atoms. The Hall–Kier alpha value is -3.62. The smallest absolute Gasteiger partial charge is 1.00 e. The first-order valence-electron chi connectivity index (χ1n) is 18.7. The van der Waals surface area contributed by atoms with Gasteiger partial charge in [0.05, 0.1) is 0 Å². The fourth-order valence-electron chi connectivity index (χ4n) is 7.80. The second-order valence-electron chi connectivity index (χ2n) is 14.6. The maximum atomic E-state index is 6.56. The molecular formula is C48H46Cl2O2Zr. The van der Waals surface area contributed by atoms with E-state index < -0.39 is 23.2 Å². The van der Waals surface area contributed by atoms with Crippen LogP contribution in [-0.4, -0.2) is 0 Å². The van der Waals surface area contributed by atoms with Crippen molar-refractivity contribution in [3.63, 3.8) is 0 Å². The minimum Gasteiger partial charge on any atom is -1.00 e. The summed E-state index contributed by atoms with van der Waals surface area (Å²) in [7, 11) is 0.